The summed E-state index contributed by atoms with van der Waals surface area (Å²) in [5.41, 5.74) is 4.02. The van der Waals surface area contributed by atoms with Crippen molar-refractivity contribution >= 4 is 10.0 Å². The van der Waals surface area contributed by atoms with Gasteiger partial charge in [-0.2, -0.15) is 9.40 Å². The molecule has 6 nitrogen and oxygen atoms in total. The molecule has 2 aromatic rings. The van der Waals surface area contributed by atoms with E-state index in [0.717, 1.165) is 22.5 Å². The van der Waals surface area contributed by atoms with Crippen LogP contribution in [0.15, 0.2) is 30.3 Å². The molecular weight excluding hydrogens is 314 g/mol. The first-order valence-electron chi connectivity index (χ1n) is 7.55. The maximum Gasteiger partial charge on any atom is 0.211 e. The van der Waals surface area contributed by atoms with Crippen LogP contribution in [0.4, 0.5) is 0 Å². The van der Waals surface area contributed by atoms with Gasteiger partial charge in [0, 0.05) is 37.8 Å². The van der Waals surface area contributed by atoms with Crippen LogP contribution in [0.2, 0.25) is 0 Å². The van der Waals surface area contributed by atoms with Crippen molar-refractivity contribution < 1.29 is 13.2 Å². The Morgan fingerprint density at radius 2 is 1.96 bits per heavy atom. The highest BCUT2D eigenvalue weighted by Crippen LogP contribution is 2.24. The molecule has 0 fully saturated rings. The van der Waals surface area contributed by atoms with E-state index in [9.17, 15) is 8.42 Å². The molecule has 0 bridgehead atoms. The Bertz CT molecular complexity index is 784. The molecule has 0 saturated carbocycles. The first kappa shape index (κ1) is 16.2. The Kier molecular flexibility index (Phi) is 4.52. The average Bonchev–Trinajstić information content (AvgIpc) is 2.84. The molecular formula is C16H21N3O3S. The van der Waals surface area contributed by atoms with Gasteiger partial charge in [-0.05, 0) is 5.56 Å². The predicted molar refractivity (Wildman–Crippen MR) is 87.1 cm³/mol. The van der Waals surface area contributed by atoms with E-state index in [4.69, 9.17) is 4.74 Å². The van der Waals surface area contributed by atoms with Crippen LogP contribution in [0.3, 0.4) is 0 Å². The van der Waals surface area contributed by atoms with Gasteiger partial charge < -0.3 is 4.74 Å². The van der Waals surface area contributed by atoms with Crippen LogP contribution in [-0.4, -0.2) is 35.3 Å². The van der Waals surface area contributed by atoms with Gasteiger partial charge in [0.2, 0.25) is 10.0 Å². The minimum Gasteiger partial charge on any atom is -0.370 e. The molecule has 23 heavy (non-hydrogen) atoms. The molecule has 124 valence electrons. The quantitative estimate of drug-likeness (QED) is 0.830. The number of sulfonamides is 1. The minimum atomic E-state index is -3.18. The van der Waals surface area contributed by atoms with Crippen LogP contribution in [-0.2, 0) is 48.0 Å². The fourth-order valence-corrected chi connectivity index (χ4v) is 3.67. The van der Waals surface area contributed by atoms with E-state index >= 15 is 0 Å². The van der Waals surface area contributed by atoms with E-state index in [1.165, 1.54) is 10.6 Å². The summed E-state index contributed by atoms with van der Waals surface area (Å²) in [6.45, 7) is 1.79. The number of hydrogen-bond acceptors (Lipinski definition) is 4. The molecule has 0 N–H and O–H groups in total. The SMILES string of the molecule is Cn1nc(COCc2ccccc2)c2c1CCN(S(C)(=O)=O)C2. The van der Waals surface area contributed by atoms with Gasteiger partial charge in [-0.3, -0.25) is 4.68 Å². The summed E-state index contributed by atoms with van der Waals surface area (Å²) in [6.07, 6.45) is 1.94. The predicted octanol–water partition coefficient (Wildman–Crippen LogP) is 1.45. The highest BCUT2D eigenvalue weighted by molar-refractivity contribution is 7.88. The smallest absolute Gasteiger partial charge is 0.211 e. The second kappa shape index (κ2) is 6.43. The maximum absolute atomic E-state index is 11.8. The third kappa shape index (κ3) is 3.63. The number of aromatic nitrogens is 2. The Hall–Kier alpha value is -1.70. The Balaban J connectivity index is 1.72. The highest BCUT2D eigenvalue weighted by atomic mass is 32.2. The number of ether oxygens (including phenoxy) is 1. The number of rotatable bonds is 5. The van der Waals surface area contributed by atoms with E-state index in [-0.39, 0.29) is 0 Å². The van der Waals surface area contributed by atoms with Crippen LogP contribution in [0.5, 0.6) is 0 Å². The van der Waals surface area contributed by atoms with Crippen molar-refractivity contribution in [3.63, 3.8) is 0 Å². The lowest BCUT2D eigenvalue weighted by Crippen LogP contribution is -2.35. The molecule has 0 saturated heterocycles. The summed E-state index contributed by atoms with van der Waals surface area (Å²) in [5.74, 6) is 0. The first-order chi connectivity index (χ1) is 10.9. The maximum atomic E-state index is 11.8. The number of nitrogens with zero attached hydrogens (tertiary/aromatic N) is 3. The summed E-state index contributed by atoms with van der Waals surface area (Å²) in [4.78, 5) is 0. The lowest BCUT2D eigenvalue weighted by molar-refractivity contribution is 0.103. The van der Waals surface area contributed by atoms with Crippen LogP contribution >= 0.6 is 0 Å². The number of aryl methyl sites for hydroxylation is 1. The second-order valence-electron chi connectivity index (χ2n) is 5.82. The van der Waals surface area contributed by atoms with Crippen molar-refractivity contribution in [1.29, 1.82) is 0 Å². The number of fused-ring (bicyclic) bond motifs is 1. The molecule has 1 aromatic carbocycles. The van der Waals surface area contributed by atoms with Gasteiger partial charge in [0.15, 0.2) is 0 Å². The third-order valence-electron chi connectivity index (χ3n) is 4.11. The topological polar surface area (TPSA) is 64.4 Å². The van der Waals surface area contributed by atoms with Gasteiger partial charge in [-0.1, -0.05) is 30.3 Å². The van der Waals surface area contributed by atoms with Gasteiger partial charge in [-0.25, -0.2) is 8.42 Å². The van der Waals surface area contributed by atoms with Crippen molar-refractivity contribution in [3.05, 3.63) is 52.8 Å². The summed E-state index contributed by atoms with van der Waals surface area (Å²) in [6, 6.07) is 9.95. The molecule has 0 spiro atoms. The van der Waals surface area contributed by atoms with Crippen molar-refractivity contribution in [1.82, 2.24) is 14.1 Å². The van der Waals surface area contributed by atoms with Crippen LogP contribution in [0, 0.1) is 0 Å². The van der Waals surface area contributed by atoms with E-state index in [0.29, 0.717) is 32.7 Å². The van der Waals surface area contributed by atoms with Gasteiger partial charge in [-0.15, -0.1) is 0 Å². The number of benzene rings is 1. The monoisotopic (exact) mass is 335 g/mol. The Labute approximate surface area is 136 Å². The van der Waals surface area contributed by atoms with E-state index in [2.05, 4.69) is 5.10 Å². The van der Waals surface area contributed by atoms with Gasteiger partial charge in [0.1, 0.15) is 0 Å². The summed E-state index contributed by atoms with van der Waals surface area (Å²) in [5, 5.41) is 4.51. The summed E-state index contributed by atoms with van der Waals surface area (Å²) >= 11 is 0. The molecule has 0 aliphatic carbocycles. The molecule has 0 amide bonds. The van der Waals surface area contributed by atoms with Gasteiger partial charge >= 0.3 is 0 Å². The largest absolute Gasteiger partial charge is 0.370 e. The molecule has 0 radical (unpaired) electrons. The Morgan fingerprint density at radius 1 is 1.22 bits per heavy atom. The van der Waals surface area contributed by atoms with Crippen LogP contribution in [0.25, 0.3) is 0 Å². The summed E-state index contributed by atoms with van der Waals surface area (Å²) < 4.78 is 32.7. The zero-order chi connectivity index (χ0) is 16.4. The fraction of sp³-hybridized carbons (Fsp3) is 0.438. The highest BCUT2D eigenvalue weighted by Gasteiger charge is 2.28. The number of hydrogen-bond donors (Lipinski definition) is 0. The van der Waals surface area contributed by atoms with Gasteiger partial charge in [0.25, 0.3) is 0 Å². The first-order valence-corrected chi connectivity index (χ1v) is 9.40. The van der Waals surface area contributed by atoms with Crippen LogP contribution < -0.4 is 0 Å². The standard InChI is InChI=1S/C16H21N3O3S/c1-18-16-8-9-19(23(2,20)21)10-14(16)15(17-18)12-22-11-13-6-4-3-5-7-13/h3-7H,8-12H2,1-2H3. The van der Waals surface area contributed by atoms with Crippen LogP contribution in [0.1, 0.15) is 22.5 Å². The molecule has 7 heteroatoms. The molecule has 0 atom stereocenters. The zero-order valence-corrected chi connectivity index (χ0v) is 14.2. The molecule has 2 heterocycles. The molecule has 1 aliphatic heterocycles. The van der Waals surface area contributed by atoms with E-state index < -0.39 is 10.0 Å². The molecule has 1 aromatic heterocycles. The van der Waals surface area contributed by atoms with E-state index in [1.807, 2.05) is 42.1 Å². The Morgan fingerprint density at radius 3 is 2.65 bits per heavy atom. The second-order valence-corrected chi connectivity index (χ2v) is 7.80. The fourth-order valence-electron chi connectivity index (χ4n) is 2.88. The molecule has 3 rings (SSSR count). The zero-order valence-electron chi connectivity index (χ0n) is 13.4. The van der Waals surface area contributed by atoms with Gasteiger partial charge in [0.05, 0.1) is 25.2 Å². The molecule has 1 aliphatic rings. The lowest BCUT2D eigenvalue weighted by atomic mass is 10.1. The van der Waals surface area contributed by atoms with Crippen molar-refractivity contribution in [2.24, 2.45) is 7.05 Å². The average molecular weight is 335 g/mol. The molecule has 0 unspecified atom stereocenters. The van der Waals surface area contributed by atoms with Crippen molar-refractivity contribution in [3.8, 4) is 0 Å². The van der Waals surface area contributed by atoms with Crippen molar-refractivity contribution in [2.45, 2.75) is 26.2 Å². The normalized spacial score (nSPS) is 15.6. The third-order valence-corrected chi connectivity index (χ3v) is 5.36. The van der Waals surface area contributed by atoms with Crippen molar-refractivity contribution in [2.75, 3.05) is 12.8 Å². The minimum absolute atomic E-state index is 0.381. The summed E-state index contributed by atoms with van der Waals surface area (Å²) in [7, 11) is -1.29. The van der Waals surface area contributed by atoms with E-state index in [1.54, 1.807) is 0 Å². The lowest BCUT2D eigenvalue weighted by Gasteiger charge is -2.25.